The van der Waals surface area contributed by atoms with Gasteiger partial charge in [-0.15, -0.1) is 0 Å². The third-order valence-electron chi connectivity index (χ3n) is 3.61. The minimum absolute atomic E-state index is 0.0303. The Morgan fingerprint density at radius 1 is 1.00 bits per heavy atom. The van der Waals surface area contributed by atoms with Crippen molar-refractivity contribution in [2.45, 2.75) is 42.4 Å². The lowest BCUT2D eigenvalue weighted by molar-refractivity contribution is -0.0592. The zero-order valence-electron chi connectivity index (χ0n) is 13.6. The average molecular weight is 418 g/mol. The van der Waals surface area contributed by atoms with Gasteiger partial charge in [0, 0.05) is 0 Å². The molecule has 0 N–H and O–H groups in total. The minimum Gasteiger partial charge on any atom is -0.370 e. The predicted molar refractivity (Wildman–Crippen MR) is 83.1 cm³/mol. The third-order valence-corrected chi connectivity index (χ3v) is 5.92. The molecular weight excluding hydrogens is 401 g/mol. The van der Waals surface area contributed by atoms with E-state index in [1.807, 2.05) is 0 Å². The van der Waals surface area contributed by atoms with Crippen LogP contribution in [0.1, 0.15) is 18.4 Å². The number of halogens is 3. The van der Waals surface area contributed by atoms with Gasteiger partial charge in [0.05, 0.1) is 30.3 Å². The van der Waals surface area contributed by atoms with E-state index in [0.717, 1.165) is 5.56 Å². The maximum absolute atomic E-state index is 12.2. The van der Waals surface area contributed by atoms with Crippen molar-refractivity contribution in [2.75, 3.05) is 13.2 Å². The van der Waals surface area contributed by atoms with Gasteiger partial charge in [-0.2, -0.15) is 30.0 Å². The van der Waals surface area contributed by atoms with Crippen molar-refractivity contribution >= 4 is 20.2 Å². The summed E-state index contributed by atoms with van der Waals surface area (Å²) in [6, 6.07) is 5.99. The molecule has 0 radical (unpaired) electrons. The Morgan fingerprint density at radius 2 is 1.50 bits per heavy atom. The monoisotopic (exact) mass is 418 g/mol. The quantitative estimate of drug-likeness (QED) is 0.494. The van der Waals surface area contributed by atoms with Crippen molar-refractivity contribution in [3.05, 3.63) is 29.8 Å². The van der Waals surface area contributed by atoms with Gasteiger partial charge in [-0.05, 0) is 31.9 Å². The largest absolute Gasteiger partial charge is 0.523 e. The van der Waals surface area contributed by atoms with Crippen molar-refractivity contribution < 1.29 is 43.1 Å². The van der Waals surface area contributed by atoms with Crippen LogP contribution in [0, 0.1) is 6.92 Å². The van der Waals surface area contributed by atoms with Crippen LogP contribution < -0.4 is 0 Å². The van der Waals surface area contributed by atoms with Crippen molar-refractivity contribution in [2.24, 2.45) is 0 Å². The molecular formula is C14H17F3O7S2. The fraction of sp³-hybridized carbons (Fsp3) is 0.571. The molecule has 12 heteroatoms. The second kappa shape index (κ2) is 7.80. The molecule has 148 valence electrons. The Kier molecular flexibility index (Phi) is 6.33. The molecule has 0 aromatic heterocycles. The van der Waals surface area contributed by atoms with Crippen molar-refractivity contribution in [1.29, 1.82) is 0 Å². The molecule has 1 aromatic carbocycles. The Bertz CT molecular complexity index is 817. The molecule has 1 fully saturated rings. The van der Waals surface area contributed by atoms with Crippen molar-refractivity contribution in [1.82, 2.24) is 0 Å². The molecule has 7 nitrogen and oxygen atoms in total. The predicted octanol–water partition coefficient (Wildman–Crippen LogP) is 2.11. The second-order valence-corrected chi connectivity index (χ2v) is 8.92. The first-order chi connectivity index (χ1) is 11.9. The van der Waals surface area contributed by atoms with Gasteiger partial charge in [-0.1, -0.05) is 17.7 Å². The van der Waals surface area contributed by atoms with Crippen LogP contribution in [0.3, 0.4) is 0 Å². The second-order valence-electron chi connectivity index (χ2n) is 5.69. The number of aryl methyl sites for hydroxylation is 1. The maximum atomic E-state index is 12.2. The molecule has 1 heterocycles. The maximum Gasteiger partial charge on any atom is 0.523 e. The van der Waals surface area contributed by atoms with E-state index in [1.54, 1.807) is 19.1 Å². The molecule has 0 saturated carbocycles. The highest BCUT2D eigenvalue weighted by Crippen LogP contribution is 2.27. The number of hydrogen-bond donors (Lipinski definition) is 0. The van der Waals surface area contributed by atoms with Gasteiger partial charge < -0.3 is 4.74 Å². The lowest BCUT2D eigenvalue weighted by Crippen LogP contribution is -2.29. The van der Waals surface area contributed by atoms with E-state index in [4.69, 9.17) is 8.92 Å². The van der Waals surface area contributed by atoms with E-state index in [-0.39, 0.29) is 17.9 Å². The number of ether oxygens (including phenoxy) is 1. The number of hydrogen-bond acceptors (Lipinski definition) is 7. The summed E-state index contributed by atoms with van der Waals surface area (Å²) in [6.07, 6.45) is -1.09. The van der Waals surface area contributed by atoms with Gasteiger partial charge in [-0.25, -0.2) is 0 Å². The van der Waals surface area contributed by atoms with Gasteiger partial charge in [0.25, 0.3) is 10.1 Å². The average Bonchev–Trinajstić information content (AvgIpc) is 2.99. The zero-order chi connectivity index (χ0) is 19.6. The van der Waals surface area contributed by atoms with E-state index >= 15 is 0 Å². The Balaban J connectivity index is 1.83. The standard InChI is InChI=1S/C14H17F3O7S2/c1-10-2-6-13(7-3-10)25(18,19)22-8-11-4-5-12(24-11)9-23-26(20,21)14(15,16)17/h2-3,6-7,11-12H,4-5,8-9H2,1H3. The molecule has 0 aliphatic carbocycles. The summed E-state index contributed by atoms with van der Waals surface area (Å²) in [5.41, 5.74) is -4.63. The SMILES string of the molecule is Cc1ccc(S(=O)(=O)OCC2CCC(COS(=O)(=O)C(F)(F)F)O2)cc1. The molecule has 26 heavy (non-hydrogen) atoms. The molecule has 2 rings (SSSR count). The topological polar surface area (TPSA) is 96.0 Å². The highest BCUT2D eigenvalue weighted by atomic mass is 32.2. The molecule has 0 amide bonds. The van der Waals surface area contributed by atoms with E-state index < -0.39 is 44.6 Å². The van der Waals surface area contributed by atoms with E-state index in [0.29, 0.717) is 6.42 Å². The summed E-state index contributed by atoms with van der Waals surface area (Å²) in [4.78, 5) is -0.0303. The summed E-state index contributed by atoms with van der Waals surface area (Å²) >= 11 is 0. The summed E-state index contributed by atoms with van der Waals surface area (Å²) in [5.74, 6) is 0. The first-order valence-corrected chi connectivity index (χ1v) is 10.3. The van der Waals surface area contributed by atoms with Crippen LogP contribution in [0.25, 0.3) is 0 Å². The smallest absolute Gasteiger partial charge is 0.370 e. The minimum atomic E-state index is -5.68. The normalized spacial score (nSPS) is 21.8. The summed E-state index contributed by atoms with van der Waals surface area (Å²) in [6.45, 7) is 0.659. The lowest BCUT2D eigenvalue weighted by Gasteiger charge is -2.15. The molecule has 1 saturated heterocycles. The third kappa shape index (κ3) is 5.39. The van der Waals surface area contributed by atoms with Crippen LogP contribution in [-0.2, 0) is 33.3 Å². The van der Waals surface area contributed by atoms with Crippen LogP contribution >= 0.6 is 0 Å². The van der Waals surface area contributed by atoms with Gasteiger partial charge in [-0.3, -0.25) is 8.37 Å². The first-order valence-electron chi connectivity index (χ1n) is 7.48. The van der Waals surface area contributed by atoms with Crippen LogP contribution in [-0.4, -0.2) is 47.8 Å². The van der Waals surface area contributed by atoms with Crippen molar-refractivity contribution in [3.63, 3.8) is 0 Å². The molecule has 1 aliphatic rings. The van der Waals surface area contributed by atoms with E-state index in [9.17, 15) is 30.0 Å². The highest BCUT2D eigenvalue weighted by molar-refractivity contribution is 7.87. The van der Waals surface area contributed by atoms with Crippen molar-refractivity contribution in [3.8, 4) is 0 Å². The molecule has 1 aromatic rings. The zero-order valence-corrected chi connectivity index (χ0v) is 15.2. The first kappa shape index (κ1) is 21.1. The summed E-state index contributed by atoms with van der Waals surface area (Å²) < 4.78 is 96.4. The molecule has 0 spiro atoms. The van der Waals surface area contributed by atoms with Crippen LogP contribution in [0.4, 0.5) is 13.2 Å². The van der Waals surface area contributed by atoms with Gasteiger partial charge in [0.2, 0.25) is 0 Å². The number of rotatable bonds is 7. The van der Waals surface area contributed by atoms with E-state index in [2.05, 4.69) is 4.18 Å². The summed E-state index contributed by atoms with van der Waals surface area (Å²) in [7, 11) is -9.68. The molecule has 2 atom stereocenters. The Labute approximate surface area is 149 Å². The van der Waals surface area contributed by atoms with Crippen LogP contribution in [0.5, 0.6) is 0 Å². The van der Waals surface area contributed by atoms with Gasteiger partial charge in [0.15, 0.2) is 0 Å². The highest BCUT2D eigenvalue weighted by Gasteiger charge is 2.47. The number of alkyl halides is 3. The molecule has 2 unspecified atom stereocenters. The fourth-order valence-electron chi connectivity index (χ4n) is 2.20. The van der Waals surface area contributed by atoms with Crippen LogP contribution in [0.15, 0.2) is 29.2 Å². The van der Waals surface area contributed by atoms with Gasteiger partial charge in [0.1, 0.15) is 0 Å². The Morgan fingerprint density at radius 3 is 2.00 bits per heavy atom. The number of benzene rings is 1. The molecule has 1 aliphatic heterocycles. The van der Waals surface area contributed by atoms with Crippen LogP contribution in [0.2, 0.25) is 0 Å². The fourth-order valence-corrected chi connectivity index (χ4v) is 3.60. The lowest BCUT2D eigenvalue weighted by atomic mass is 10.2. The Hall–Kier alpha value is -1.21. The molecule has 0 bridgehead atoms. The van der Waals surface area contributed by atoms with Gasteiger partial charge >= 0.3 is 15.6 Å². The van der Waals surface area contributed by atoms with E-state index in [1.165, 1.54) is 12.1 Å². The summed E-state index contributed by atoms with van der Waals surface area (Å²) in [5, 5.41) is 0.